The van der Waals surface area contributed by atoms with E-state index < -0.39 is 5.97 Å². The van der Waals surface area contributed by atoms with Crippen LogP contribution in [0.1, 0.15) is 22.8 Å². The highest BCUT2D eigenvalue weighted by Crippen LogP contribution is 2.19. The van der Waals surface area contributed by atoms with Crippen molar-refractivity contribution >= 4 is 11.9 Å². The van der Waals surface area contributed by atoms with E-state index in [9.17, 15) is 9.59 Å². The molecule has 0 spiro atoms. The van der Waals surface area contributed by atoms with E-state index in [4.69, 9.17) is 14.6 Å². The van der Waals surface area contributed by atoms with Gasteiger partial charge in [0.15, 0.2) is 6.61 Å². The van der Waals surface area contributed by atoms with E-state index in [-0.39, 0.29) is 24.1 Å². The lowest BCUT2D eigenvalue weighted by Gasteiger charge is -2.14. The van der Waals surface area contributed by atoms with Crippen LogP contribution in [0.2, 0.25) is 0 Å². The first-order valence-electron chi connectivity index (χ1n) is 6.19. The van der Waals surface area contributed by atoms with Crippen molar-refractivity contribution < 1.29 is 24.2 Å². The highest BCUT2D eigenvalue weighted by atomic mass is 16.5. The van der Waals surface area contributed by atoms with Gasteiger partial charge in [0.25, 0.3) is 5.91 Å². The monoisotopic (exact) mass is 281 g/mol. The Morgan fingerprint density at radius 2 is 2.10 bits per heavy atom. The van der Waals surface area contributed by atoms with Crippen LogP contribution in [-0.4, -0.2) is 43.3 Å². The maximum atomic E-state index is 11.6. The molecule has 2 N–H and O–H groups in total. The van der Waals surface area contributed by atoms with Crippen molar-refractivity contribution in [3.63, 3.8) is 0 Å². The molecule has 0 bridgehead atoms. The van der Waals surface area contributed by atoms with Crippen molar-refractivity contribution in [1.82, 2.24) is 5.32 Å². The number of hydrogen-bond donors (Lipinski definition) is 2. The molecule has 0 aliphatic carbocycles. The summed E-state index contributed by atoms with van der Waals surface area (Å²) in [5.41, 5.74) is 0.857. The topological polar surface area (TPSA) is 84.9 Å². The molecule has 0 aliphatic heterocycles. The second kappa shape index (κ2) is 7.49. The van der Waals surface area contributed by atoms with Gasteiger partial charge in [-0.2, -0.15) is 0 Å². The van der Waals surface area contributed by atoms with E-state index in [1.807, 2.05) is 6.92 Å². The van der Waals surface area contributed by atoms with Crippen LogP contribution in [0.3, 0.4) is 0 Å². The number of hydrogen-bond acceptors (Lipinski definition) is 4. The van der Waals surface area contributed by atoms with Gasteiger partial charge in [0.05, 0.1) is 12.2 Å². The molecule has 0 aliphatic rings. The zero-order valence-corrected chi connectivity index (χ0v) is 11.8. The van der Waals surface area contributed by atoms with Gasteiger partial charge >= 0.3 is 5.97 Å². The third kappa shape index (κ3) is 4.89. The summed E-state index contributed by atoms with van der Waals surface area (Å²) in [7, 11) is 1.56. The normalized spacial score (nSPS) is 11.8. The molecule has 0 fully saturated rings. The number of aryl methyl sites for hydroxylation is 1. The van der Waals surface area contributed by atoms with Crippen molar-refractivity contribution in [3.8, 4) is 5.75 Å². The van der Waals surface area contributed by atoms with Gasteiger partial charge in [0.2, 0.25) is 0 Å². The summed E-state index contributed by atoms with van der Waals surface area (Å²) in [5.74, 6) is -0.758. The van der Waals surface area contributed by atoms with E-state index >= 15 is 0 Å². The molecule has 0 heterocycles. The van der Waals surface area contributed by atoms with Gasteiger partial charge in [-0.05, 0) is 37.6 Å². The third-order valence-electron chi connectivity index (χ3n) is 2.60. The predicted octanol–water partition coefficient (Wildman–Crippen LogP) is 1.22. The third-order valence-corrected chi connectivity index (χ3v) is 2.60. The number of carbonyl (C=O) groups excluding carboxylic acids is 1. The lowest BCUT2D eigenvalue weighted by atomic mass is 10.1. The van der Waals surface area contributed by atoms with Crippen LogP contribution in [0, 0.1) is 6.92 Å². The van der Waals surface area contributed by atoms with Crippen LogP contribution in [0.25, 0.3) is 0 Å². The zero-order chi connectivity index (χ0) is 15.1. The molecule has 1 atom stereocenters. The zero-order valence-electron chi connectivity index (χ0n) is 11.8. The SMILES string of the molecule is COCC(C)NC(=O)COc1ccc(C(=O)O)cc1C. The maximum absolute atomic E-state index is 11.6. The molecule has 1 aromatic carbocycles. The predicted molar refractivity (Wildman–Crippen MR) is 73.1 cm³/mol. The molecule has 0 aromatic heterocycles. The molecule has 1 unspecified atom stereocenters. The number of nitrogens with one attached hydrogen (secondary N) is 1. The van der Waals surface area contributed by atoms with E-state index in [1.54, 1.807) is 20.1 Å². The Kier molecular flexibility index (Phi) is 5.99. The molecule has 1 rings (SSSR count). The number of benzene rings is 1. The van der Waals surface area contributed by atoms with Crippen molar-refractivity contribution in [2.75, 3.05) is 20.3 Å². The van der Waals surface area contributed by atoms with Crippen LogP contribution in [0.5, 0.6) is 5.75 Å². The molecule has 0 radical (unpaired) electrons. The molecule has 6 nitrogen and oxygen atoms in total. The van der Waals surface area contributed by atoms with E-state index in [0.717, 1.165) is 0 Å². The summed E-state index contributed by atoms with van der Waals surface area (Å²) in [4.78, 5) is 22.4. The number of carboxylic acid groups (broad SMARTS) is 1. The second-order valence-electron chi connectivity index (χ2n) is 4.50. The summed E-state index contributed by atoms with van der Waals surface area (Å²) in [5, 5.41) is 11.6. The van der Waals surface area contributed by atoms with Gasteiger partial charge in [0.1, 0.15) is 5.75 Å². The van der Waals surface area contributed by atoms with Crippen LogP contribution in [0.15, 0.2) is 18.2 Å². The van der Waals surface area contributed by atoms with Crippen molar-refractivity contribution in [2.45, 2.75) is 19.9 Å². The minimum absolute atomic E-state index is 0.0911. The van der Waals surface area contributed by atoms with Crippen LogP contribution in [-0.2, 0) is 9.53 Å². The largest absolute Gasteiger partial charge is 0.484 e. The Morgan fingerprint density at radius 3 is 2.65 bits per heavy atom. The van der Waals surface area contributed by atoms with Crippen molar-refractivity contribution in [2.24, 2.45) is 0 Å². The quantitative estimate of drug-likeness (QED) is 0.785. The Balaban J connectivity index is 2.53. The molecule has 1 aromatic rings. The molecule has 6 heteroatoms. The first kappa shape index (κ1) is 16.0. The smallest absolute Gasteiger partial charge is 0.335 e. The van der Waals surface area contributed by atoms with Gasteiger partial charge in [-0.3, -0.25) is 4.79 Å². The molecule has 1 amide bonds. The summed E-state index contributed by atoms with van der Waals surface area (Å²) < 4.78 is 10.3. The number of carbonyl (C=O) groups is 2. The van der Waals surface area contributed by atoms with Crippen LogP contribution in [0.4, 0.5) is 0 Å². The van der Waals surface area contributed by atoms with Gasteiger partial charge in [0, 0.05) is 13.2 Å². The molecule has 20 heavy (non-hydrogen) atoms. The Labute approximate surface area is 117 Å². The highest BCUT2D eigenvalue weighted by Gasteiger charge is 2.10. The summed E-state index contributed by atoms with van der Waals surface area (Å²) in [6.07, 6.45) is 0. The molecular formula is C14H19NO5. The summed E-state index contributed by atoms with van der Waals surface area (Å²) in [6, 6.07) is 4.40. The second-order valence-corrected chi connectivity index (χ2v) is 4.50. The Hall–Kier alpha value is -2.08. The Bertz CT molecular complexity index is 486. The molecular weight excluding hydrogens is 262 g/mol. The number of ether oxygens (including phenoxy) is 2. The summed E-state index contributed by atoms with van der Waals surface area (Å²) >= 11 is 0. The van der Waals surface area contributed by atoms with E-state index in [0.29, 0.717) is 17.9 Å². The molecule has 0 saturated carbocycles. The Morgan fingerprint density at radius 1 is 1.40 bits per heavy atom. The minimum Gasteiger partial charge on any atom is -0.484 e. The number of methoxy groups -OCH3 is 1. The standard InChI is InChI=1S/C14H19NO5/c1-9-6-11(14(17)18)4-5-12(9)20-8-13(16)15-10(2)7-19-3/h4-6,10H,7-8H2,1-3H3,(H,15,16)(H,17,18). The van der Waals surface area contributed by atoms with Crippen LogP contribution >= 0.6 is 0 Å². The fourth-order valence-electron chi connectivity index (χ4n) is 1.70. The average Bonchev–Trinajstić information content (AvgIpc) is 2.37. The van der Waals surface area contributed by atoms with Gasteiger partial charge in [-0.1, -0.05) is 0 Å². The van der Waals surface area contributed by atoms with E-state index in [2.05, 4.69) is 5.32 Å². The molecule has 0 saturated heterocycles. The van der Waals surface area contributed by atoms with Gasteiger partial charge in [-0.15, -0.1) is 0 Å². The van der Waals surface area contributed by atoms with Crippen molar-refractivity contribution in [3.05, 3.63) is 29.3 Å². The fraction of sp³-hybridized carbons (Fsp3) is 0.429. The molecule has 110 valence electrons. The fourth-order valence-corrected chi connectivity index (χ4v) is 1.70. The van der Waals surface area contributed by atoms with Crippen LogP contribution < -0.4 is 10.1 Å². The number of carboxylic acids is 1. The lowest BCUT2D eigenvalue weighted by Crippen LogP contribution is -2.38. The minimum atomic E-state index is -0.995. The summed E-state index contributed by atoms with van der Waals surface area (Å²) in [6.45, 7) is 3.86. The highest BCUT2D eigenvalue weighted by molar-refractivity contribution is 5.88. The first-order valence-corrected chi connectivity index (χ1v) is 6.19. The first-order chi connectivity index (χ1) is 9.43. The lowest BCUT2D eigenvalue weighted by molar-refractivity contribution is -0.124. The number of amides is 1. The average molecular weight is 281 g/mol. The van der Waals surface area contributed by atoms with Crippen molar-refractivity contribution in [1.29, 1.82) is 0 Å². The maximum Gasteiger partial charge on any atom is 0.335 e. The number of rotatable bonds is 7. The van der Waals surface area contributed by atoms with E-state index in [1.165, 1.54) is 12.1 Å². The number of aromatic carboxylic acids is 1. The van der Waals surface area contributed by atoms with Gasteiger partial charge in [-0.25, -0.2) is 4.79 Å². The van der Waals surface area contributed by atoms with Gasteiger partial charge < -0.3 is 19.9 Å².